The van der Waals surface area contributed by atoms with Crippen molar-refractivity contribution in [3.8, 4) is 0 Å². The molecule has 0 aliphatic carbocycles. The average Bonchev–Trinajstić information content (AvgIpc) is 3.04. The lowest BCUT2D eigenvalue weighted by Gasteiger charge is -2.17. The lowest BCUT2D eigenvalue weighted by molar-refractivity contribution is 0.300. The largest absolute Gasteiger partial charge is 0.328 e. The fraction of sp³-hybridized carbons (Fsp3) is 0.562. The summed E-state index contributed by atoms with van der Waals surface area (Å²) in [5.74, 6) is 0. The van der Waals surface area contributed by atoms with Crippen molar-refractivity contribution in [3.05, 3.63) is 50.1 Å². The second kappa shape index (κ2) is 6.16. The number of hydrogen-bond donors (Lipinski definition) is 1. The lowest BCUT2D eigenvalue weighted by atomic mass is 10.2. The molecule has 1 aliphatic rings. The Kier molecular flexibility index (Phi) is 4.21. The minimum absolute atomic E-state index is 0.236. The van der Waals surface area contributed by atoms with Crippen molar-refractivity contribution in [3.63, 3.8) is 0 Å². The van der Waals surface area contributed by atoms with E-state index in [2.05, 4.69) is 32.7 Å². The Morgan fingerprint density at radius 1 is 1.22 bits per heavy atom. The quantitative estimate of drug-likeness (QED) is 0.896. The SMILES string of the molecule is Cc1cc(C)n(C2CCN(CCn3c(=O)cc(C)[nH]c3=O)C2)n1. The van der Waals surface area contributed by atoms with Crippen LogP contribution in [0.1, 0.15) is 29.5 Å². The third kappa shape index (κ3) is 3.29. The second-order valence-corrected chi connectivity index (χ2v) is 6.36. The van der Waals surface area contributed by atoms with E-state index >= 15 is 0 Å². The fourth-order valence-electron chi connectivity index (χ4n) is 3.32. The van der Waals surface area contributed by atoms with Crippen LogP contribution < -0.4 is 11.2 Å². The highest BCUT2D eigenvalue weighted by Crippen LogP contribution is 2.22. The highest BCUT2D eigenvalue weighted by Gasteiger charge is 2.25. The molecule has 7 heteroatoms. The van der Waals surface area contributed by atoms with Gasteiger partial charge in [-0.3, -0.25) is 18.9 Å². The Morgan fingerprint density at radius 3 is 2.65 bits per heavy atom. The molecule has 1 aliphatic heterocycles. The molecule has 1 fully saturated rings. The number of rotatable bonds is 4. The monoisotopic (exact) mass is 317 g/mol. The van der Waals surface area contributed by atoms with Gasteiger partial charge in [0.25, 0.3) is 5.56 Å². The molecular weight excluding hydrogens is 294 g/mol. The van der Waals surface area contributed by atoms with E-state index in [1.807, 2.05) is 6.92 Å². The highest BCUT2D eigenvalue weighted by atomic mass is 16.2. The highest BCUT2D eigenvalue weighted by molar-refractivity contribution is 5.08. The first-order valence-corrected chi connectivity index (χ1v) is 8.00. The zero-order valence-electron chi connectivity index (χ0n) is 13.9. The van der Waals surface area contributed by atoms with Gasteiger partial charge in [-0.25, -0.2) is 4.79 Å². The standard InChI is InChI=1S/C16H23N5O2/c1-11-9-15(22)20(16(23)17-11)7-6-19-5-4-14(10-19)21-13(3)8-12(2)18-21/h8-9,14H,4-7,10H2,1-3H3,(H,17,23). The molecule has 1 N–H and O–H groups in total. The molecule has 0 bridgehead atoms. The summed E-state index contributed by atoms with van der Waals surface area (Å²) in [5, 5.41) is 4.56. The molecule has 1 unspecified atom stereocenters. The molecule has 0 amide bonds. The van der Waals surface area contributed by atoms with Crippen LogP contribution in [0.15, 0.2) is 21.7 Å². The van der Waals surface area contributed by atoms with E-state index < -0.39 is 0 Å². The van der Waals surface area contributed by atoms with Crippen LogP contribution in [-0.4, -0.2) is 43.9 Å². The first kappa shape index (κ1) is 15.7. The molecule has 2 aromatic rings. The maximum atomic E-state index is 11.9. The molecule has 1 atom stereocenters. The lowest BCUT2D eigenvalue weighted by Crippen LogP contribution is -2.38. The number of aryl methyl sites for hydroxylation is 3. The van der Waals surface area contributed by atoms with Crippen molar-refractivity contribution in [1.82, 2.24) is 24.2 Å². The van der Waals surface area contributed by atoms with Crippen LogP contribution in [0.2, 0.25) is 0 Å². The zero-order valence-corrected chi connectivity index (χ0v) is 13.9. The summed E-state index contributed by atoms with van der Waals surface area (Å²) in [6, 6.07) is 3.93. The summed E-state index contributed by atoms with van der Waals surface area (Å²) < 4.78 is 3.36. The number of nitrogens with zero attached hydrogens (tertiary/aromatic N) is 4. The minimum Gasteiger partial charge on any atom is -0.311 e. The fourth-order valence-corrected chi connectivity index (χ4v) is 3.32. The Balaban J connectivity index is 1.64. The molecule has 1 saturated heterocycles. The third-order valence-electron chi connectivity index (χ3n) is 4.43. The Hall–Kier alpha value is -2.15. The van der Waals surface area contributed by atoms with Gasteiger partial charge < -0.3 is 4.98 Å². The number of aromatic nitrogens is 4. The number of H-pyrrole nitrogens is 1. The Morgan fingerprint density at radius 2 is 2.00 bits per heavy atom. The van der Waals surface area contributed by atoms with Crippen molar-refractivity contribution in [1.29, 1.82) is 0 Å². The van der Waals surface area contributed by atoms with Crippen molar-refractivity contribution in [2.24, 2.45) is 0 Å². The molecule has 23 heavy (non-hydrogen) atoms. The second-order valence-electron chi connectivity index (χ2n) is 6.36. The van der Waals surface area contributed by atoms with Gasteiger partial charge in [-0.15, -0.1) is 0 Å². The van der Waals surface area contributed by atoms with Crippen LogP contribution >= 0.6 is 0 Å². The molecule has 0 spiro atoms. The number of hydrogen-bond acceptors (Lipinski definition) is 4. The summed E-state index contributed by atoms with van der Waals surface area (Å²) in [6.45, 7) is 8.77. The van der Waals surface area contributed by atoms with E-state index in [0.29, 0.717) is 24.8 Å². The van der Waals surface area contributed by atoms with E-state index in [1.165, 1.54) is 16.3 Å². The zero-order chi connectivity index (χ0) is 16.6. The topological polar surface area (TPSA) is 75.9 Å². The molecule has 3 rings (SSSR count). The van der Waals surface area contributed by atoms with Gasteiger partial charge >= 0.3 is 5.69 Å². The molecule has 7 nitrogen and oxygen atoms in total. The summed E-state index contributed by atoms with van der Waals surface area (Å²) >= 11 is 0. The predicted molar refractivity (Wildman–Crippen MR) is 87.9 cm³/mol. The Labute approximate surface area is 134 Å². The molecular formula is C16H23N5O2. The first-order valence-electron chi connectivity index (χ1n) is 8.00. The van der Waals surface area contributed by atoms with Gasteiger partial charge in [0.1, 0.15) is 0 Å². The van der Waals surface area contributed by atoms with Crippen LogP contribution in [0.25, 0.3) is 0 Å². The molecule has 124 valence electrons. The predicted octanol–water partition coefficient (Wildman–Crippen LogP) is 0.605. The van der Waals surface area contributed by atoms with Gasteiger partial charge in [-0.2, -0.15) is 5.10 Å². The van der Waals surface area contributed by atoms with Crippen LogP contribution in [0.3, 0.4) is 0 Å². The van der Waals surface area contributed by atoms with Gasteiger partial charge in [0, 0.05) is 43.6 Å². The summed E-state index contributed by atoms with van der Waals surface area (Å²) in [7, 11) is 0. The molecule has 3 heterocycles. The van der Waals surface area contributed by atoms with E-state index in [-0.39, 0.29) is 11.2 Å². The van der Waals surface area contributed by atoms with Crippen molar-refractivity contribution < 1.29 is 0 Å². The number of likely N-dealkylation sites (tertiary alicyclic amines) is 1. The summed E-state index contributed by atoms with van der Waals surface area (Å²) in [6.07, 6.45) is 1.04. The molecule has 2 aromatic heterocycles. The van der Waals surface area contributed by atoms with E-state index in [1.54, 1.807) is 6.92 Å². The van der Waals surface area contributed by atoms with Gasteiger partial charge in [-0.05, 0) is 33.3 Å². The average molecular weight is 317 g/mol. The normalized spacial score (nSPS) is 18.7. The van der Waals surface area contributed by atoms with E-state index in [0.717, 1.165) is 25.2 Å². The van der Waals surface area contributed by atoms with Gasteiger partial charge in [0.2, 0.25) is 0 Å². The van der Waals surface area contributed by atoms with Crippen LogP contribution in [0.4, 0.5) is 0 Å². The van der Waals surface area contributed by atoms with Crippen LogP contribution in [0.5, 0.6) is 0 Å². The van der Waals surface area contributed by atoms with Crippen LogP contribution in [0, 0.1) is 20.8 Å². The summed E-state index contributed by atoms with van der Waals surface area (Å²) in [4.78, 5) is 28.7. The molecule has 0 radical (unpaired) electrons. The Bertz CT molecular complexity index is 785. The van der Waals surface area contributed by atoms with Crippen LogP contribution in [-0.2, 0) is 6.54 Å². The summed E-state index contributed by atoms with van der Waals surface area (Å²) in [5.41, 5.74) is 2.26. The van der Waals surface area contributed by atoms with Crippen molar-refractivity contribution in [2.75, 3.05) is 19.6 Å². The maximum absolute atomic E-state index is 11.9. The molecule has 0 aromatic carbocycles. The van der Waals surface area contributed by atoms with Gasteiger partial charge in [0.15, 0.2) is 0 Å². The smallest absolute Gasteiger partial charge is 0.311 e. The van der Waals surface area contributed by atoms with Crippen molar-refractivity contribution in [2.45, 2.75) is 39.8 Å². The maximum Gasteiger partial charge on any atom is 0.328 e. The number of nitrogens with one attached hydrogen (secondary N) is 1. The van der Waals surface area contributed by atoms with Crippen molar-refractivity contribution >= 4 is 0 Å². The van der Waals surface area contributed by atoms with E-state index in [9.17, 15) is 9.59 Å². The van der Waals surface area contributed by atoms with Gasteiger partial charge in [0.05, 0.1) is 11.7 Å². The number of aromatic amines is 1. The van der Waals surface area contributed by atoms with Gasteiger partial charge in [-0.1, -0.05) is 0 Å². The molecule has 0 saturated carbocycles. The first-order chi connectivity index (χ1) is 10.9. The van der Waals surface area contributed by atoms with E-state index in [4.69, 9.17) is 0 Å². The third-order valence-corrected chi connectivity index (χ3v) is 4.43. The minimum atomic E-state index is -0.329.